The van der Waals surface area contributed by atoms with Gasteiger partial charge in [-0.3, -0.25) is 4.79 Å². The fourth-order valence-corrected chi connectivity index (χ4v) is 1.60. The molecule has 6 heteroatoms. The van der Waals surface area contributed by atoms with Gasteiger partial charge >= 0.3 is 0 Å². The SMILES string of the molecule is C#CCNC(=O)COc1cc2c(cc1CN)OCO2. The average Bonchev–Trinajstić information content (AvgIpc) is 2.88. The Morgan fingerprint density at radius 2 is 2.21 bits per heavy atom. The van der Waals surface area contributed by atoms with E-state index in [9.17, 15) is 4.79 Å². The molecule has 1 amide bonds. The molecule has 0 bridgehead atoms. The lowest BCUT2D eigenvalue weighted by Gasteiger charge is -2.11. The van der Waals surface area contributed by atoms with Gasteiger partial charge in [-0.05, 0) is 6.07 Å². The van der Waals surface area contributed by atoms with Crippen molar-refractivity contribution in [3.63, 3.8) is 0 Å². The van der Waals surface area contributed by atoms with Crippen molar-refractivity contribution in [3.8, 4) is 29.6 Å². The molecule has 1 aromatic carbocycles. The fraction of sp³-hybridized carbons (Fsp3) is 0.308. The first-order chi connectivity index (χ1) is 9.24. The molecule has 0 aliphatic carbocycles. The van der Waals surface area contributed by atoms with E-state index in [2.05, 4.69) is 11.2 Å². The van der Waals surface area contributed by atoms with Crippen LogP contribution in [0, 0.1) is 12.3 Å². The van der Waals surface area contributed by atoms with Crippen LogP contribution in [-0.2, 0) is 11.3 Å². The highest BCUT2D eigenvalue weighted by atomic mass is 16.7. The maximum atomic E-state index is 11.4. The number of ether oxygens (including phenoxy) is 3. The number of nitrogens with one attached hydrogen (secondary N) is 1. The zero-order valence-corrected chi connectivity index (χ0v) is 10.3. The number of rotatable bonds is 5. The number of amides is 1. The van der Waals surface area contributed by atoms with Crippen LogP contribution in [0.3, 0.4) is 0 Å². The molecule has 0 atom stereocenters. The third kappa shape index (κ3) is 3.09. The van der Waals surface area contributed by atoms with Gasteiger partial charge in [-0.1, -0.05) is 5.92 Å². The third-order valence-electron chi connectivity index (χ3n) is 2.52. The zero-order chi connectivity index (χ0) is 13.7. The number of hydrogen-bond acceptors (Lipinski definition) is 5. The molecule has 1 heterocycles. The van der Waals surface area contributed by atoms with Crippen LogP contribution < -0.4 is 25.3 Å². The van der Waals surface area contributed by atoms with Gasteiger partial charge in [-0.15, -0.1) is 6.42 Å². The Morgan fingerprint density at radius 1 is 1.47 bits per heavy atom. The summed E-state index contributed by atoms with van der Waals surface area (Å²) in [6, 6.07) is 3.41. The number of carbonyl (C=O) groups is 1. The van der Waals surface area contributed by atoms with Gasteiger partial charge < -0.3 is 25.3 Å². The minimum absolute atomic E-state index is 0.131. The topological polar surface area (TPSA) is 82.8 Å². The summed E-state index contributed by atoms with van der Waals surface area (Å²) in [7, 11) is 0. The van der Waals surface area contributed by atoms with E-state index < -0.39 is 0 Å². The van der Waals surface area contributed by atoms with Gasteiger partial charge in [0.1, 0.15) is 5.75 Å². The molecule has 0 unspecified atom stereocenters. The highest BCUT2D eigenvalue weighted by Crippen LogP contribution is 2.37. The first-order valence-electron chi connectivity index (χ1n) is 5.70. The molecule has 0 saturated carbocycles. The number of fused-ring (bicyclic) bond motifs is 1. The van der Waals surface area contributed by atoms with Crippen LogP contribution in [0.2, 0.25) is 0 Å². The molecular weight excluding hydrogens is 248 g/mol. The monoisotopic (exact) mass is 262 g/mol. The predicted octanol–water partition coefficient (Wildman–Crippen LogP) is 0.00220. The minimum Gasteiger partial charge on any atom is -0.483 e. The van der Waals surface area contributed by atoms with Gasteiger partial charge in [0.25, 0.3) is 5.91 Å². The molecule has 3 N–H and O–H groups in total. The van der Waals surface area contributed by atoms with Crippen molar-refractivity contribution >= 4 is 5.91 Å². The van der Waals surface area contributed by atoms with Crippen LogP contribution >= 0.6 is 0 Å². The molecule has 1 aliphatic rings. The largest absolute Gasteiger partial charge is 0.483 e. The number of benzene rings is 1. The van der Waals surface area contributed by atoms with E-state index in [0.717, 1.165) is 5.56 Å². The van der Waals surface area contributed by atoms with Gasteiger partial charge in [0.05, 0.1) is 6.54 Å². The van der Waals surface area contributed by atoms with E-state index in [-0.39, 0.29) is 32.4 Å². The predicted molar refractivity (Wildman–Crippen MR) is 67.8 cm³/mol. The fourth-order valence-electron chi connectivity index (χ4n) is 1.60. The number of carbonyl (C=O) groups excluding carboxylic acids is 1. The van der Waals surface area contributed by atoms with Crippen LogP contribution in [0.4, 0.5) is 0 Å². The van der Waals surface area contributed by atoms with E-state index >= 15 is 0 Å². The number of nitrogens with two attached hydrogens (primary N) is 1. The molecule has 0 saturated heterocycles. The maximum Gasteiger partial charge on any atom is 0.258 e. The Kier molecular flexibility index (Phi) is 4.11. The van der Waals surface area contributed by atoms with Crippen LogP contribution in [0.25, 0.3) is 0 Å². The molecule has 19 heavy (non-hydrogen) atoms. The van der Waals surface area contributed by atoms with Gasteiger partial charge in [0, 0.05) is 18.2 Å². The number of terminal acetylenes is 1. The molecule has 1 aliphatic heterocycles. The zero-order valence-electron chi connectivity index (χ0n) is 10.3. The Morgan fingerprint density at radius 3 is 2.89 bits per heavy atom. The normalized spacial score (nSPS) is 11.8. The Balaban J connectivity index is 2.03. The lowest BCUT2D eigenvalue weighted by molar-refractivity contribution is -0.122. The molecule has 2 rings (SSSR count). The van der Waals surface area contributed by atoms with E-state index in [0.29, 0.717) is 17.2 Å². The average molecular weight is 262 g/mol. The summed E-state index contributed by atoms with van der Waals surface area (Å²) >= 11 is 0. The smallest absolute Gasteiger partial charge is 0.258 e. The van der Waals surface area contributed by atoms with Crippen molar-refractivity contribution < 1.29 is 19.0 Å². The van der Waals surface area contributed by atoms with Crippen molar-refractivity contribution in [1.29, 1.82) is 0 Å². The molecule has 0 fully saturated rings. The van der Waals surface area contributed by atoms with Crippen molar-refractivity contribution in [3.05, 3.63) is 17.7 Å². The van der Waals surface area contributed by atoms with E-state index in [4.69, 9.17) is 26.4 Å². The summed E-state index contributed by atoms with van der Waals surface area (Å²) in [5, 5.41) is 2.51. The van der Waals surface area contributed by atoms with Crippen LogP contribution in [0.1, 0.15) is 5.56 Å². The maximum absolute atomic E-state index is 11.4. The van der Waals surface area contributed by atoms with Crippen LogP contribution in [0.5, 0.6) is 17.2 Å². The highest BCUT2D eigenvalue weighted by Gasteiger charge is 2.18. The second-order valence-electron chi connectivity index (χ2n) is 3.79. The summed E-state index contributed by atoms with van der Waals surface area (Å²) in [5.41, 5.74) is 6.37. The van der Waals surface area contributed by atoms with Gasteiger partial charge in [-0.25, -0.2) is 0 Å². The van der Waals surface area contributed by atoms with E-state index in [1.165, 1.54) is 0 Å². The quantitative estimate of drug-likeness (QED) is 0.730. The lowest BCUT2D eigenvalue weighted by Crippen LogP contribution is -2.29. The Hall–Kier alpha value is -2.39. The number of hydrogen-bond donors (Lipinski definition) is 2. The van der Waals surface area contributed by atoms with Gasteiger partial charge in [0.2, 0.25) is 6.79 Å². The molecule has 0 spiro atoms. The summed E-state index contributed by atoms with van der Waals surface area (Å²) < 4.78 is 15.9. The molecule has 1 aromatic rings. The van der Waals surface area contributed by atoms with Crippen molar-refractivity contribution in [2.45, 2.75) is 6.54 Å². The summed E-state index contributed by atoms with van der Waals surface area (Å²) in [6.45, 7) is 0.491. The first kappa shape index (κ1) is 13.1. The molecule has 100 valence electrons. The van der Waals surface area contributed by atoms with Crippen molar-refractivity contribution in [2.24, 2.45) is 5.73 Å². The second kappa shape index (κ2) is 5.98. The third-order valence-corrected chi connectivity index (χ3v) is 2.52. The first-order valence-corrected chi connectivity index (χ1v) is 5.70. The minimum atomic E-state index is -0.293. The lowest BCUT2D eigenvalue weighted by atomic mass is 10.2. The van der Waals surface area contributed by atoms with Crippen LogP contribution in [0.15, 0.2) is 12.1 Å². The van der Waals surface area contributed by atoms with Gasteiger partial charge in [-0.2, -0.15) is 0 Å². The van der Waals surface area contributed by atoms with Crippen molar-refractivity contribution in [1.82, 2.24) is 5.32 Å². The molecule has 0 aromatic heterocycles. The van der Waals surface area contributed by atoms with Crippen molar-refractivity contribution in [2.75, 3.05) is 19.9 Å². The summed E-state index contributed by atoms with van der Waals surface area (Å²) in [5.74, 6) is 3.73. The van der Waals surface area contributed by atoms with Gasteiger partial charge in [0.15, 0.2) is 18.1 Å². The molecule has 0 radical (unpaired) electrons. The molecule has 6 nitrogen and oxygen atoms in total. The summed E-state index contributed by atoms with van der Waals surface area (Å²) in [4.78, 5) is 11.4. The molecular formula is C13H14N2O4. The Bertz CT molecular complexity index is 522. The van der Waals surface area contributed by atoms with Crippen LogP contribution in [-0.4, -0.2) is 25.9 Å². The highest BCUT2D eigenvalue weighted by molar-refractivity contribution is 5.77. The standard InChI is InChI=1S/C13H14N2O4/c1-2-3-15-13(16)7-17-10-5-12-11(18-8-19-12)4-9(10)6-14/h1,4-5H,3,6-8,14H2,(H,15,16). The van der Waals surface area contributed by atoms with E-state index in [1.54, 1.807) is 12.1 Å². The second-order valence-corrected chi connectivity index (χ2v) is 3.79. The van der Waals surface area contributed by atoms with E-state index in [1.807, 2.05) is 0 Å². The summed E-state index contributed by atoms with van der Waals surface area (Å²) in [6.07, 6.45) is 5.04. The Labute approximate surface area is 110 Å².